The van der Waals surface area contributed by atoms with Crippen LogP contribution in [0.15, 0.2) is 158 Å². The van der Waals surface area contributed by atoms with E-state index < -0.39 is 0 Å². The van der Waals surface area contributed by atoms with E-state index in [1.165, 1.54) is 57.3 Å². The summed E-state index contributed by atoms with van der Waals surface area (Å²) < 4.78 is 0. The van der Waals surface area contributed by atoms with Crippen molar-refractivity contribution in [2.45, 2.75) is 39.5 Å². The minimum atomic E-state index is 0. The first-order chi connectivity index (χ1) is 21.3. The van der Waals surface area contributed by atoms with E-state index in [0.717, 1.165) is 6.42 Å². The van der Waals surface area contributed by atoms with Crippen molar-refractivity contribution in [1.29, 1.82) is 0 Å². The molecule has 0 heterocycles. The Kier molecular flexibility index (Phi) is 12.5. The van der Waals surface area contributed by atoms with Gasteiger partial charge in [0.25, 0.3) is 0 Å². The predicted octanol–water partition coefficient (Wildman–Crippen LogP) is 12.3. The second-order valence-electron chi connectivity index (χ2n) is 10.9. The lowest BCUT2D eigenvalue weighted by atomic mass is 9.84. The molecule has 0 atom stereocenters. The Morgan fingerprint density at radius 1 is 0.432 bits per heavy atom. The molecule has 5 aromatic rings. The van der Waals surface area contributed by atoms with Gasteiger partial charge in [-0.25, -0.2) is 0 Å². The second kappa shape index (κ2) is 17.2. The highest BCUT2D eigenvalue weighted by Gasteiger charge is 2.17. The number of hydrogen-bond acceptors (Lipinski definition) is 0. The molecular formula is C44H44. The Morgan fingerprint density at radius 3 is 1.14 bits per heavy atom. The van der Waals surface area contributed by atoms with Gasteiger partial charge in [-0.2, -0.15) is 0 Å². The molecule has 0 aliphatic rings. The molecule has 0 radical (unpaired) electrons. The Morgan fingerprint density at radius 2 is 0.773 bits per heavy atom. The van der Waals surface area contributed by atoms with E-state index in [1.807, 2.05) is 12.1 Å². The van der Waals surface area contributed by atoms with Crippen molar-refractivity contribution in [3.05, 3.63) is 202 Å². The van der Waals surface area contributed by atoms with Crippen molar-refractivity contribution in [2.24, 2.45) is 0 Å². The number of hydrogen-bond donors (Lipinski definition) is 0. The SMILES string of the molecule is C.CCCCc1ccc(C(c2ccc(/C=C/C=C/c3ccccc3)cc2)c2ccc(/C=C/C=C/c3ccccc3)cc2)cc1. The van der Waals surface area contributed by atoms with Gasteiger partial charge in [0.1, 0.15) is 0 Å². The molecule has 44 heavy (non-hydrogen) atoms. The fraction of sp³-hybridized carbons (Fsp3) is 0.136. The van der Waals surface area contributed by atoms with Crippen molar-refractivity contribution in [1.82, 2.24) is 0 Å². The van der Waals surface area contributed by atoms with Crippen LogP contribution in [0.2, 0.25) is 0 Å². The van der Waals surface area contributed by atoms with E-state index in [2.05, 4.69) is 177 Å². The maximum absolute atomic E-state index is 2.32. The molecule has 0 nitrogen and oxygen atoms in total. The summed E-state index contributed by atoms with van der Waals surface area (Å²) in [5.74, 6) is 0.173. The zero-order chi connectivity index (χ0) is 29.5. The van der Waals surface area contributed by atoms with Crippen molar-refractivity contribution in [3.63, 3.8) is 0 Å². The van der Waals surface area contributed by atoms with Gasteiger partial charge < -0.3 is 0 Å². The van der Waals surface area contributed by atoms with Gasteiger partial charge in [0.05, 0.1) is 0 Å². The summed E-state index contributed by atoms with van der Waals surface area (Å²) in [5.41, 5.74) is 10.1. The number of rotatable bonds is 12. The molecule has 5 rings (SSSR count). The molecule has 0 heteroatoms. The lowest BCUT2D eigenvalue weighted by Gasteiger charge is -2.20. The highest BCUT2D eigenvalue weighted by Crippen LogP contribution is 2.33. The molecular weight excluding hydrogens is 528 g/mol. The fourth-order valence-electron chi connectivity index (χ4n) is 5.23. The predicted molar refractivity (Wildman–Crippen MR) is 195 cm³/mol. The third-order valence-corrected chi connectivity index (χ3v) is 7.65. The van der Waals surface area contributed by atoms with E-state index in [0.29, 0.717) is 0 Å². The molecule has 0 unspecified atom stereocenters. The van der Waals surface area contributed by atoms with Crippen LogP contribution in [0.5, 0.6) is 0 Å². The summed E-state index contributed by atoms with van der Waals surface area (Å²) in [6.45, 7) is 2.25. The molecule has 0 aliphatic carbocycles. The van der Waals surface area contributed by atoms with E-state index >= 15 is 0 Å². The van der Waals surface area contributed by atoms with Crippen molar-refractivity contribution in [2.75, 3.05) is 0 Å². The lowest BCUT2D eigenvalue weighted by Crippen LogP contribution is -2.04. The van der Waals surface area contributed by atoms with Crippen LogP contribution in [0.25, 0.3) is 24.3 Å². The Bertz CT molecular complexity index is 1530. The molecule has 0 amide bonds. The minimum absolute atomic E-state index is 0. The first-order valence-electron chi connectivity index (χ1n) is 15.4. The van der Waals surface area contributed by atoms with Gasteiger partial charge in [-0.15, -0.1) is 0 Å². The summed E-state index contributed by atoms with van der Waals surface area (Å²) in [5, 5.41) is 0. The van der Waals surface area contributed by atoms with E-state index in [4.69, 9.17) is 0 Å². The zero-order valence-corrected chi connectivity index (χ0v) is 25.0. The molecule has 0 spiro atoms. The molecule has 0 aromatic heterocycles. The summed E-state index contributed by atoms with van der Waals surface area (Å²) in [6.07, 6.45) is 20.6. The third-order valence-electron chi connectivity index (χ3n) is 7.65. The van der Waals surface area contributed by atoms with Crippen LogP contribution in [0.4, 0.5) is 0 Å². The van der Waals surface area contributed by atoms with Gasteiger partial charge in [-0.3, -0.25) is 0 Å². The van der Waals surface area contributed by atoms with Crippen LogP contribution >= 0.6 is 0 Å². The van der Waals surface area contributed by atoms with Crippen LogP contribution in [0, 0.1) is 0 Å². The van der Waals surface area contributed by atoms with Gasteiger partial charge in [0.15, 0.2) is 0 Å². The summed E-state index contributed by atoms with van der Waals surface area (Å²) in [7, 11) is 0. The maximum Gasteiger partial charge on any atom is 0.0340 e. The molecule has 0 fully saturated rings. The Balaban J connectivity index is 0.00000442. The van der Waals surface area contributed by atoms with Gasteiger partial charge in [0.2, 0.25) is 0 Å². The summed E-state index contributed by atoms with van der Waals surface area (Å²) >= 11 is 0. The maximum atomic E-state index is 2.32. The molecule has 220 valence electrons. The summed E-state index contributed by atoms with van der Waals surface area (Å²) in [6, 6.07) is 48.0. The number of aryl methyl sites for hydroxylation is 1. The van der Waals surface area contributed by atoms with Crippen LogP contribution in [0.3, 0.4) is 0 Å². The van der Waals surface area contributed by atoms with Crippen molar-refractivity contribution in [3.8, 4) is 0 Å². The minimum Gasteiger partial charge on any atom is -0.0776 e. The highest BCUT2D eigenvalue weighted by molar-refractivity contribution is 5.59. The van der Waals surface area contributed by atoms with Crippen molar-refractivity contribution >= 4 is 24.3 Å². The van der Waals surface area contributed by atoms with Gasteiger partial charge in [-0.05, 0) is 57.3 Å². The highest BCUT2D eigenvalue weighted by atomic mass is 14.2. The number of benzene rings is 5. The van der Waals surface area contributed by atoms with E-state index in [-0.39, 0.29) is 13.3 Å². The molecule has 0 saturated carbocycles. The average Bonchev–Trinajstić information content (AvgIpc) is 3.07. The van der Waals surface area contributed by atoms with Crippen LogP contribution < -0.4 is 0 Å². The Hall–Kier alpha value is -4.94. The molecule has 0 aliphatic heterocycles. The van der Waals surface area contributed by atoms with Crippen LogP contribution in [0.1, 0.15) is 77.6 Å². The first-order valence-corrected chi connectivity index (χ1v) is 15.4. The molecule has 0 saturated heterocycles. The standard InChI is InChI=1S/C43H40.CH4/c1-2-3-14-37-23-29-40(30-24-37)43(41-31-25-38(26-32-41)21-12-10-19-35-15-6-4-7-16-35)42-33-27-39(28-34-42)22-13-11-20-36-17-8-5-9-18-36;/h4-13,15-34,43H,2-3,14H2,1H3;1H4/b19-10+,20-11+,21-12+,22-13+;. The number of allylic oxidation sites excluding steroid dienone is 4. The van der Waals surface area contributed by atoms with E-state index in [9.17, 15) is 0 Å². The first kappa shape index (κ1) is 32.0. The van der Waals surface area contributed by atoms with Crippen molar-refractivity contribution < 1.29 is 0 Å². The fourth-order valence-corrected chi connectivity index (χ4v) is 5.23. The third kappa shape index (κ3) is 9.54. The normalized spacial score (nSPS) is 11.7. The zero-order valence-electron chi connectivity index (χ0n) is 25.0. The van der Waals surface area contributed by atoms with Crippen LogP contribution in [-0.2, 0) is 6.42 Å². The summed E-state index contributed by atoms with van der Waals surface area (Å²) in [4.78, 5) is 0. The largest absolute Gasteiger partial charge is 0.0776 e. The van der Waals surface area contributed by atoms with Gasteiger partial charge >= 0.3 is 0 Å². The molecule has 0 N–H and O–H groups in total. The quantitative estimate of drug-likeness (QED) is 0.103. The number of unbranched alkanes of at least 4 members (excludes halogenated alkanes) is 1. The topological polar surface area (TPSA) is 0 Å². The lowest BCUT2D eigenvalue weighted by molar-refractivity contribution is 0.794. The van der Waals surface area contributed by atoms with Gasteiger partial charge in [-0.1, -0.05) is 203 Å². The molecule has 5 aromatic carbocycles. The van der Waals surface area contributed by atoms with Crippen LogP contribution in [-0.4, -0.2) is 0 Å². The second-order valence-corrected chi connectivity index (χ2v) is 10.9. The monoisotopic (exact) mass is 572 g/mol. The molecule has 0 bridgehead atoms. The average molecular weight is 573 g/mol. The van der Waals surface area contributed by atoms with Gasteiger partial charge in [0, 0.05) is 5.92 Å². The smallest absolute Gasteiger partial charge is 0.0340 e. The Labute approximate surface area is 265 Å². The van der Waals surface area contributed by atoms with E-state index in [1.54, 1.807) is 0 Å².